The highest BCUT2D eigenvalue weighted by Gasteiger charge is 2.13. The van der Waals surface area contributed by atoms with E-state index in [1.165, 1.54) is 42.9 Å². The van der Waals surface area contributed by atoms with Crippen LogP contribution in [0.4, 0.5) is 0 Å². The van der Waals surface area contributed by atoms with Crippen LogP contribution in [0.5, 0.6) is 0 Å². The highest BCUT2D eigenvalue weighted by atomic mass is 15.3. The third kappa shape index (κ3) is 5.34. The lowest BCUT2D eigenvalue weighted by molar-refractivity contribution is 0.154. The van der Waals surface area contributed by atoms with Gasteiger partial charge in [-0.15, -0.1) is 0 Å². The van der Waals surface area contributed by atoms with Gasteiger partial charge in [-0.1, -0.05) is 36.4 Å². The van der Waals surface area contributed by atoms with Gasteiger partial charge in [0.15, 0.2) is 0 Å². The van der Waals surface area contributed by atoms with Crippen LogP contribution in [0.15, 0.2) is 91.5 Å². The maximum atomic E-state index is 4.71. The lowest BCUT2D eigenvalue weighted by Crippen LogP contribution is -2.46. The average Bonchev–Trinajstić information content (AvgIpc) is 3.63. The zero-order chi connectivity index (χ0) is 25.0. The van der Waals surface area contributed by atoms with Crippen molar-refractivity contribution in [1.29, 1.82) is 0 Å². The second-order valence-corrected chi connectivity index (χ2v) is 9.81. The maximum absolute atomic E-state index is 4.71. The Kier molecular flexibility index (Phi) is 6.82. The second-order valence-electron chi connectivity index (χ2n) is 9.81. The van der Waals surface area contributed by atoms with E-state index in [2.05, 4.69) is 98.5 Å². The van der Waals surface area contributed by atoms with Crippen LogP contribution in [-0.2, 0) is 6.54 Å². The first-order valence-electron chi connectivity index (χ1n) is 13.0. The fourth-order valence-electron chi connectivity index (χ4n) is 4.96. The van der Waals surface area contributed by atoms with Gasteiger partial charge in [-0.05, 0) is 54.1 Å². The largest absolute Gasteiger partial charge is 0.311 e. The zero-order valence-corrected chi connectivity index (χ0v) is 21.3. The molecule has 0 unspecified atom stereocenters. The molecule has 7 nitrogen and oxygen atoms in total. The van der Waals surface area contributed by atoms with Gasteiger partial charge in [0, 0.05) is 70.0 Å². The molecular weight excluding hydrogens is 458 g/mol. The molecule has 0 saturated carbocycles. The number of rotatable bonds is 8. The van der Waals surface area contributed by atoms with Crippen LogP contribution in [-0.4, -0.2) is 75.3 Å². The van der Waals surface area contributed by atoms with Crippen LogP contribution in [0.3, 0.4) is 0 Å². The molecule has 2 aromatic carbocycles. The van der Waals surface area contributed by atoms with Crippen molar-refractivity contribution >= 4 is 5.65 Å². The van der Waals surface area contributed by atoms with E-state index in [0.29, 0.717) is 0 Å². The number of benzene rings is 2. The molecule has 3 aromatic heterocycles. The molecule has 1 fully saturated rings. The van der Waals surface area contributed by atoms with Crippen LogP contribution in [0.25, 0.3) is 33.7 Å². The van der Waals surface area contributed by atoms with Crippen molar-refractivity contribution in [2.24, 2.45) is 0 Å². The minimum Gasteiger partial charge on any atom is -0.311 e. The molecule has 6 rings (SSSR count). The number of nitrogens with zero attached hydrogens (tertiary/aromatic N) is 6. The van der Waals surface area contributed by atoms with Crippen molar-refractivity contribution in [1.82, 2.24) is 34.3 Å². The number of hydrogen-bond acceptors (Lipinski definition) is 5. The standard InChI is InChI=1S/C30H33N7/c1-34-16-18-35(19-17-34)15-12-31-22-24-6-8-25(9-7-24)26-10-14-36-29(23-32-30(36)21-26)27-4-2-5-28(20-27)37-13-3-11-33-37/h2-11,13-14,20-21,23,31H,12,15-19,22H2,1H3. The van der Waals surface area contributed by atoms with Crippen LogP contribution < -0.4 is 5.32 Å². The summed E-state index contributed by atoms with van der Waals surface area (Å²) in [5.41, 5.74) is 7.82. The second kappa shape index (κ2) is 10.7. The monoisotopic (exact) mass is 491 g/mol. The van der Waals surface area contributed by atoms with E-state index in [0.717, 1.165) is 42.2 Å². The van der Waals surface area contributed by atoms with Crippen molar-refractivity contribution in [3.63, 3.8) is 0 Å². The van der Waals surface area contributed by atoms with E-state index in [1.807, 2.05) is 23.1 Å². The summed E-state index contributed by atoms with van der Waals surface area (Å²) in [5.74, 6) is 0. The first-order chi connectivity index (χ1) is 18.2. The van der Waals surface area contributed by atoms with Crippen molar-refractivity contribution in [3.05, 3.63) is 97.1 Å². The van der Waals surface area contributed by atoms with Gasteiger partial charge in [-0.2, -0.15) is 5.10 Å². The van der Waals surface area contributed by atoms with E-state index >= 15 is 0 Å². The molecule has 1 aliphatic rings. The number of fused-ring (bicyclic) bond motifs is 1. The molecule has 0 spiro atoms. The topological polar surface area (TPSA) is 53.6 Å². The highest BCUT2D eigenvalue weighted by molar-refractivity contribution is 5.71. The average molecular weight is 492 g/mol. The number of pyridine rings is 1. The normalized spacial score (nSPS) is 14.9. The van der Waals surface area contributed by atoms with Gasteiger partial charge < -0.3 is 10.2 Å². The lowest BCUT2D eigenvalue weighted by atomic mass is 10.0. The van der Waals surface area contributed by atoms with Crippen molar-refractivity contribution in [3.8, 4) is 28.1 Å². The van der Waals surface area contributed by atoms with E-state index in [9.17, 15) is 0 Å². The summed E-state index contributed by atoms with van der Waals surface area (Å²) in [6, 6.07) is 23.5. The van der Waals surface area contributed by atoms with E-state index < -0.39 is 0 Å². The van der Waals surface area contributed by atoms with Crippen molar-refractivity contribution in [2.75, 3.05) is 46.3 Å². The molecular formula is C30H33N7. The van der Waals surface area contributed by atoms with Crippen LogP contribution in [0, 0.1) is 0 Å². The Morgan fingerprint density at radius 2 is 1.70 bits per heavy atom. The van der Waals surface area contributed by atoms with Gasteiger partial charge in [0.25, 0.3) is 0 Å². The summed E-state index contributed by atoms with van der Waals surface area (Å²) >= 11 is 0. The third-order valence-electron chi connectivity index (χ3n) is 7.24. The Morgan fingerprint density at radius 1 is 0.838 bits per heavy atom. The Bertz CT molecular complexity index is 1450. The summed E-state index contributed by atoms with van der Waals surface area (Å²) in [6.07, 6.45) is 7.80. The van der Waals surface area contributed by atoms with Gasteiger partial charge in [0.1, 0.15) is 5.65 Å². The summed E-state index contributed by atoms with van der Waals surface area (Å²) in [5, 5.41) is 7.95. The molecule has 7 heteroatoms. The molecule has 0 aliphatic carbocycles. The highest BCUT2D eigenvalue weighted by Crippen LogP contribution is 2.26. The molecule has 0 atom stereocenters. The van der Waals surface area contributed by atoms with Crippen LogP contribution in [0.1, 0.15) is 5.56 Å². The minimum atomic E-state index is 0.897. The fraction of sp³-hybridized carbons (Fsp3) is 0.267. The number of imidazole rings is 1. The van der Waals surface area contributed by atoms with Crippen LogP contribution in [0.2, 0.25) is 0 Å². The Labute approximate surface area is 218 Å². The van der Waals surface area contributed by atoms with E-state index in [1.54, 1.807) is 6.20 Å². The lowest BCUT2D eigenvalue weighted by Gasteiger charge is -2.32. The molecule has 0 bridgehead atoms. The first kappa shape index (κ1) is 23.6. The van der Waals surface area contributed by atoms with Gasteiger partial charge in [-0.3, -0.25) is 9.30 Å². The molecule has 5 aromatic rings. The third-order valence-corrected chi connectivity index (χ3v) is 7.24. The minimum absolute atomic E-state index is 0.897. The predicted octanol–water partition coefficient (Wildman–Crippen LogP) is 4.19. The van der Waals surface area contributed by atoms with Gasteiger partial charge in [0.05, 0.1) is 17.6 Å². The first-order valence-corrected chi connectivity index (χ1v) is 13.0. The van der Waals surface area contributed by atoms with Gasteiger partial charge >= 0.3 is 0 Å². The fourth-order valence-corrected chi connectivity index (χ4v) is 4.96. The Morgan fingerprint density at radius 3 is 2.51 bits per heavy atom. The number of piperazine rings is 1. The zero-order valence-electron chi connectivity index (χ0n) is 21.3. The van der Waals surface area contributed by atoms with Crippen molar-refractivity contribution in [2.45, 2.75) is 6.54 Å². The van der Waals surface area contributed by atoms with Crippen molar-refractivity contribution < 1.29 is 0 Å². The molecule has 1 saturated heterocycles. The molecule has 188 valence electrons. The number of hydrogen-bond donors (Lipinski definition) is 1. The predicted molar refractivity (Wildman–Crippen MR) is 149 cm³/mol. The van der Waals surface area contributed by atoms with E-state index in [-0.39, 0.29) is 0 Å². The molecule has 37 heavy (non-hydrogen) atoms. The Balaban J connectivity index is 1.11. The maximum Gasteiger partial charge on any atom is 0.137 e. The summed E-state index contributed by atoms with van der Waals surface area (Å²) < 4.78 is 4.02. The smallest absolute Gasteiger partial charge is 0.137 e. The van der Waals surface area contributed by atoms with E-state index in [4.69, 9.17) is 4.98 Å². The number of nitrogens with one attached hydrogen (secondary N) is 1. The summed E-state index contributed by atoms with van der Waals surface area (Å²) in [4.78, 5) is 9.65. The number of aromatic nitrogens is 4. The number of likely N-dealkylation sites (N-methyl/N-ethyl adjacent to an activating group) is 1. The molecule has 0 amide bonds. The quantitative estimate of drug-likeness (QED) is 0.330. The molecule has 4 heterocycles. The summed E-state index contributed by atoms with van der Waals surface area (Å²) in [7, 11) is 2.20. The van der Waals surface area contributed by atoms with Gasteiger partial charge in [0.2, 0.25) is 0 Å². The SMILES string of the molecule is CN1CCN(CCNCc2ccc(-c3ccn4c(-c5cccc(-n6cccn6)c5)cnc4c3)cc2)CC1. The van der Waals surface area contributed by atoms with Crippen LogP contribution >= 0.6 is 0 Å². The Hall–Kier alpha value is -3.78. The summed E-state index contributed by atoms with van der Waals surface area (Å²) in [6.45, 7) is 7.73. The van der Waals surface area contributed by atoms with Gasteiger partial charge in [-0.25, -0.2) is 9.67 Å². The molecule has 1 N–H and O–H groups in total. The molecule has 1 aliphatic heterocycles. The molecule has 0 radical (unpaired) electrons.